The molecule has 23 heavy (non-hydrogen) atoms. The number of benzene rings is 1. The van der Waals surface area contributed by atoms with Crippen LogP contribution >= 0.6 is 12.4 Å². The first-order valence-corrected chi connectivity index (χ1v) is 8.25. The van der Waals surface area contributed by atoms with Gasteiger partial charge in [-0.2, -0.15) is 0 Å². The van der Waals surface area contributed by atoms with Crippen molar-refractivity contribution in [1.82, 2.24) is 10.6 Å². The minimum atomic E-state index is 0. The Balaban J connectivity index is 0.00000192. The number of amides is 1. The molecule has 2 atom stereocenters. The molecule has 0 radical (unpaired) electrons. The van der Waals surface area contributed by atoms with Gasteiger partial charge in [-0.3, -0.25) is 9.59 Å². The Morgan fingerprint density at radius 3 is 2.30 bits per heavy atom. The van der Waals surface area contributed by atoms with Gasteiger partial charge in [0, 0.05) is 36.5 Å². The van der Waals surface area contributed by atoms with Crippen LogP contribution < -0.4 is 10.6 Å². The van der Waals surface area contributed by atoms with Crippen LogP contribution in [0.2, 0.25) is 0 Å². The number of hydrogen-bond acceptors (Lipinski definition) is 3. The van der Waals surface area contributed by atoms with E-state index in [1.165, 1.54) is 12.8 Å². The van der Waals surface area contributed by atoms with Gasteiger partial charge in [-0.25, -0.2) is 0 Å². The molecular formula is C18H25ClN2O2. The standard InChI is InChI=1S/C18H24N2O2.ClH/c1-12-2-4-13(5-3-12)17(21)8-9-18(22)20-16-10-14-6-7-15(11-16)19-14;/h2-5,14-16,19H,6-11H2,1H3,(H,20,22);1H. The van der Waals surface area contributed by atoms with E-state index in [9.17, 15) is 9.59 Å². The molecule has 2 aliphatic rings. The van der Waals surface area contributed by atoms with E-state index >= 15 is 0 Å². The van der Waals surface area contributed by atoms with Gasteiger partial charge in [-0.15, -0.1) is 12.4 Å². The van der Waals surface area contributed by atoms with Gasteiger partial charge in [0.15, 0.2) is 5.78 Å². The third kappa shape index (κ3) is 4.79. The summed E-state index contributed by atoms with van der Waals surface area (Å²) in [4.78, 5) is 24.1. The maximum absolute atomic E-state index is 12.1. The van der Waals surface area contributed by atoms with Crippen LogP contribution in [0.15, 0.2) is 24.3 Å². The van der Waals surface area contributed by atoms with Gasteiger partial charge in [0.1, 0.15) is 0 Å². The van der Waals surface area contributed by atoms with Gasteiger partial charge in [0.25, 0.3) is 0 Å². The number of halogens is 1. The molecule has 0 aliphatic carbocycles. The predicted octanol–water partition coefficient (Wildman–Crippen LogP) is 2.78. The molecule has 4 nitrogen and oxygen atoms in total. The molecule has 1 aromatic rings. The SMILES string of the molecule is Cc1ccc(C(=O)CCC(=O)NC2CC3CCC(C2)N3)cc1.Cl. The summed E-state index contributed by atoms with van der Waals surface area (Å²) in [5.41, 5.74) is 1.83. The van der Waals surface area contributed by atoms with E-state index in [0.29, 0.717) is 17.6 Å². The molecule has 0 spiro atoms. The largest absolute Gasteiger partial charge is 0.353 e. The first kappa shape index (κ1) is 18.0. The van der Waals surface area contributed by atoms with Crippen molar-refractivity contribution in [3.8, 4) is 0 Å². The molecule has 2 aliphatic heterocycles. The molecule has 2 fully saturated rings. The van der Waals surface area contributed by atoms with Gasteiger partial charge in [0.2, 0.25) is 5.91 Å². The fourth-order valence-corrected chi connectivity index (χ4v) is 3.59. The number of nitrogens with one attached hydrogen (secondary N) is 2. The normalized spacial score (nSPS) is 25.5. The highest BCUT2D eigenvalue weighted by molar-refractivity contribution is 5.98. The lowest BCUT2D eigenvalue weighted by Crippen LogP contribution is -2.48. The van der Waals surface area contributed by atoms with Crippen LogP contribution in [0.3, 0.4) is 0 Å². The van der Waals surface area contributed by atoms with Crippen LogP contribution in [0.1, 0.15) is 54.4 Å². The zero-order valence-electron chi connectivity index (χ0n) is 13.5. The summed E-state index contributed by atoms with van der Waals surface area (Å²) in [5.74, 6) is 0.0484. The van der Waals surface area contributed by atoms with Gasteiger partial charge in [-0.05, 0) is 32.6 Å². The second-order valence-corrected chi connectivity index (χ2v) is 6.66. The Hall–Kier alpha value is -1.39. The summed E-state index contributed by atoms with van der Waals surface area (Å²) in [5, 5.41) is 6.67. The number of carbonyl (C=O) groups is 2. The minimum absolute atomic E-state index is 0. The van der Waals surface area contributed by atoms with Crippen LogP contribution in [-0.4, -0.2) is 29.8 Å². The van der Waals surface area contributed by atoms with Crippen molar-refractivity contribution in [2.24, 2.45) is 0 Å². The molecule has 0 saturated carbocycles. The summed E-state index contributed by atoms with van der Waals surface area (Å²) >= 11 is 0. The van der Waals surface area contributed by atoms with E-state index in [1.807, 2.05) is 31.2 Å². The zero-order chi connectivity index (χ0) is 15.5. The van der Waals surface area contributed by atoms with Crippen molar-refractivity contribution in [3.63, 3.8) is 0 Å². The fraction of sp³-hybridized carbons (Fsp3) is 0.556. The lowest BCUT2D eigenvalue weighted by molar-refractivity contribution is -0.122. The molecule has 2 heterocycles. The summed E-state index contributed by atoms with van der Waals surface area (Å²) in [6.45, 7) is 1.99. The monoisotopic (exact) mass is 336 g/mol. The summed E-state index contributed by atoms with van der Waals surface area (Å²) in [6, 6.07) is 8.94. The first-order valence-electron chi connectivity index (χ1n) is 8.25. The Kier molecular flexibility index (Phi) is 6.19. The van der Waals surface area contributed by atoms with Crippen LogP contribution in [0, 0.1) is 6.92 Å². The maximum atomic E-state index is 12.1. The van der Waals surface area contributed by atoms with E-state index < -0.39 is 0 Å². The topological polar surface area (TPSA) is 58.2 Å². The number of piperidine rings is 1. The Morgan fingerprint density at radius 2 is 1.70 bits per heavy atom. The molecule has 3 rings (SSSR count). The minimum Gasteiger partial charge on any atom is -0.353 e. The number of fused-ring (bicyclic) bond motifs is 2. The highest BCUT2D eigenvalue weighted by Gasteiger charge is 2.33. The van der Waals surface area contributed by atoms with Crippen molar-refractivity contribution in [1.29, 1.82) is 0 Å². The summed E-state index contributed by atoms with van der Waals surface area (Å²) in [7, 11) is 0. The number of rotatable bonds is 5. The third-order valence-electron chi connectivity index (χ3n) is 4.79. The smallest absolute Gasteiger partial charge is 0.220 e. The predicted molar refractivity (Wildman–Crippen MR) is 93.1 cm³/mol. The van der Waals surface area contributed by atoms with Crippen LogP contribution in [0.5, 0.6) is 0 Å². The lowest BCUT2D eigenvalue weighted by atomic mass is 9.99. The van der Waals surface area contributed by atoms with Gasteiger partial charge in [0.05, 0.1) is 0 Å². The number of Topliss-reactive ketones (excluding diaryl/α,β-unsaturated/α-hetero) is 1. The second kappa shape index (κ2) is 7.93. The van der Waals surface area contributed by atoms with E-state index in [-0.39, 0.29) is 43.0 Å². The van der Waals surface area contributed by atoms with E-state index in [0.717, 1.165) is 18.4 Å². The molecule has 0 aromatic heterocycles. The molecule has 2 N–H and O–H groups in total. The van der Waals surface area contributed by atoms with E-state index in [1.54, 1.807) is 0 Å². The number of hydrogen-bond donors (Lipinski definition) is 2. The zero-order valence-corrected chi connectivity index (χ0v) is 14.3. The van der Waals surface area contributed by atoms with Crippen molar-refractivity contribution in [2.75, 3.05) is 0 Å². The number of ketones is 1. The first-order chi connectivity index (χ1) is 10.6. The van der Waals surface area contributed by atoms with E-state index in [2.05, 4.69) is 10.6 Å². The van der Waals surface area contributed by atoms with Gasteiger partial charge < -0.3 is 10.6 Å². The summed E-state index contributed by atoms with van der Waals surface area (Å²) < 4.78 is 0. The van der Waals surface area contributed by atoms with Crippen LogP contribution in [0.4, 0.5) is 0 Å². The van der Waals surface area contributed by atoms with Gasteiger partial charge in [-0.1, -0.05) is 29.8 Å². The molecular weight excluding hydrogens is 312 g/mol. The fourth-order valence-electron chi connectivity index (χ4n) is 3.59. The van der Waals surface area contributed by atoms with Crippen LogP contribution in [0.25, 0.3) is 0 Å². The maximum Gasteiger partial charge on any atom is 0.220 e. The molecule has 2 unspecified atom stereocenters. The Labute approximate surface area is 143 Å². The molecule has 126 valence electrons. The van der Waals surface area contributed by atoms with E-state index in [4.69, 9.17) is 0 Å². The average molecular weight is 337 g/mol. The molecule has 1 amide bonds. The van der Waals surface area contributed by atoms with Gasteiger partial charge >= 0.3 is 0 Å². The summed E-state index contributed by atoms with van der Waals surface area (Å²) in [6.07, 6.45) is 5.06. The van der Waals surface area contributed by atoms with Crippen molar-refractivity contribution >= 4 is 24.1 Å². The lowest BCUT2D eigenvalue weighted by Gasteiger charge is -2.29. The molecule has 2 saturated heterocycles. The Bertz CT molecular complexity index is 547. The second-order valence-electron chi connectivity index (χ2n) is 6.66. The van der Waals surface area contributed by atoms with Crippen LogP contribution in [-0.2, 0) is 4.79 Å². The number of aryl methyl sites for hydroxylation is 1. The van der Waals surface area contributed by atoms with Crippen molar-refractivity contribution < 1.29 is 9.59 Å². The highest BCUT2D eigenvalue weighted by atomic mass is 35.5. The number of carbonyl (C=O) groups excluding carboxylic acids is 2. The molecule has 5 heteroatoms. The molecule has 2 bridgehead atoms. The highest BCUT2D eigenvalue weighted by Crippen LogP contribution is 2.26. The Morgan fingerprint density at radius 1 is 1.09 bits per heavy atom. The van der Waals surface area contributed by atoms with Crippen molar-refractivity contribution in [2.45, 2.75) is 63.6 Å². The van der Waals surface area contributed by atoms with Crippen molar-refractivity contribution in [3.05, 3.63) is 35.4 Å². The third-order valence-corrected chi connectivity index (χ3v) is 4.79. The molecule has 1 aromatic carbocycles. The quantitative estimate of drug-likeness (QED) is 0.813. The average Bonchev–Trinajstić information content (AvgIpc) is 2.84.